The molecule has 1 aliphatic carbocycles. The molecule has 2 saturated heterocycles. The monoisotopic (exact) mass is 435 g/mol. The van der Waals surface area contributed by atoms with Crippen LogP contribution < -0.4 is 16.4 Å². The smallest absolute Gasteiger partial charge is 0.250 e. The molecule has 0 saturated carbocycles. The van der Waals surface area contributed by atoms with Crippen LogP contribution in [0.4, 0.5) is 5.69 Å². The minimum atomic E-state index is -0.442. The number of ketones is 1. The lowest BCUT2D eigenvalue weighted by molar-refractivity contribution is 0.0909. The highest BCUT2D eigenvalue weighted by atomic mass is 16.1. The molecule has 2 aliphatic heterocycles. The van der Waals surface area contributed by atoms with Crippen LogP contribution >= 0.6 is 0 Å². The molecule has 1 aromatic heterocycles. The highest BCUT2D eigenvalue weighted by molar-refractivity contribution is 6.00. The average Bonchev–Trinajstić information content (AvgIpc) is 3.02. The number of benzene rings is 1. The summed E-state index contributed by atoms with van der Waals surface area (Å²) in [5.74, 6) is -0.281. The summed E-state index contributed by atoms with van der Waals surface area (Å²) in [6.07, 6.45) is 7.11. The van der Waals surface area contributed by atoms with E-state index in [4.69, 9.17) is 10.8 Å². The van der Waals surface area contributed by atoms with E-state index < -0.39 is 5.91 Å². The van der Waals surface area contributed by atoms with Crippen LogP contribution in [0.3, 0.4) is 0 Å². The predicted octanol–water partition coefficient (Wildman–Crippen LogP) is 3.52. The largest absolute Gasteiger partial charge is 0.381 e. The van der Waals surface area contributed by atoms with Gasteiger partial charge in [0, 0.05) is 30.2 Å². The van der Waals surface area contributed by atoms with Gasteiger partial charge < -0.3 is 16.4 Å². The van der Waals surface area contributed by atoms with Crippen molar-refractivity contribution in [1.82, 2.24) is 15.1 Å². The Balaban J connectivity index is 1.51. The van der Waals surface area contributed by atoms with Crippen molar-refractivity contribution in [2.45, 2.75) is 83.8 Å². The normalized spacial score (nSPS) is 26.5. The van der Waals surface area contributed by atoms with E-state index in [2.05, 4.69) is 24.5 Å². The Morgan fingerprint density at radius 1 is 1.22 bits per heavy atom. The maximum atomic E-state index is 12.8. The van der Waals surface area contributed by atoms with Gasteiger partial charge in [-0.2, -0.15) is 5.10 Å². The molecule has 0 spiro atoms. The van der Waals surface area contributed by atoms with Crippen LogP contribution in [0.5, 0.6) is 0 Å². The number of hydrogen-bond acceptors (Lipinski definition) is 5. The van der Waals surface area contributed by atoms with E-state index in [0.29, 0.717) is 30.1 Å². The Hall–Kier alpha value is -2.67. The number of hydrogen-bond donors (Lipinski definition) is 3. The number of nitrogens with zero attached hydrogens (tertiary/aromatic N) is 2. The summed E-state index contributed by atoms with van der Waals surface area (Å²) in [6, 6.07) is 7.00. The van der Waals surface area contributed by atoms with E-state index in [1.165, 1.54) is 19.3 Å². The average molecular weight is 436 g/mol. The van der Waals surface area contributed by atoms with E-state index in [9.17, 15) is 9.59 Å². The molecule has 32 heavy (non-hydrogen) atoms. The Morgan fingerprint density at radius 2 is 1.94 bits per heavy atom. The Morgan fingerprint density at radius 3 is 2.62 bits per heavy atom. The number of nitrogens with one attached hydrogen (secondary N) is 2. The van der Waals surface area contributed by atoms with Crippen molar-refractivity contribution in [2.24, 2.45) is 11.1 Å². The minimum Gasteiger partial charge on any atom is -0.381 e. The topological polar surface area (TPSA) is 102 Å². The minimum absolute atomic E-state index is 0.102. The van der Waals surface area contributed by atoms with Crippen LogP contribution in [0.2, 0.25) is 0 Å². The molecule has 2 unspecified atom stereocenters. The number of primary amides is 1. The van der Waals surface area contributed by atoms with Gasteiger partial charge in [-0.05, 0) is 62.6 Å². The summed E-state index contributed by atoms with van der Waals surface area (Å²) in [5.41, 5.74) is 10.2. The fraction of sp³-hybridized carbons (Fsp3) is 0.560. The highest BCUT2D eigenvalue weighted by Crippen LogP contribution is 2.37. The fourth-order valence-electron chi connectivity index (χ4n) is 5.96. The van der Waals surface area contributed by atoms with Crippen molar-refractivity contribution in [3.63, 3.8) is 0 Å². The molecule has 4 N–H and O–H groups in total. The number of carbonyl (C=O) groups is 2. The molecule has 170 valence electrons. The maximum Gasteiger partial charge on any atom is 0.250 e. The first kappa shape index (κ1) is 21.2. The Bertz CT molecular complexity index is 1070. The third-order valence-corrected chi connectivity index (χ3v) is 7.31. The predicted molar refractivity (Wildman–Crippen MR) is 124 cm³/mol. The van der Waals surface area contributed by atoms with Gasteiger partial charge in [0.2, 0.25) is 0 Å². The van der Waals surface area contributed by atoms with Crippen molar-refractivity contribution in [3.05, 3.63) is 40.7 Å². The molecule has 2 bridgehead atoms. The zero-order valence-electron chi connectivity index (χ0n) is 19.2. The first-order valence-corrected chi connectivity index (χ1v) is 11.8. The highest BCUT2D eigenvalue weighted by Gasteiger charge is 2.36. The fourth-order valence-corrected chi connectivity index (χ4v) is 5.96. The van der Waals surface area contributed by atoms with Crippen molar-refractivity contribution >= 4 is 17.4 Å². The van der Waals surface area contributed by atoms with Crippen LogP contribution in [-0.2, 0) is 6.42 Å². The summed E-state index contributed by atoms with van der Waals surface area (Å²) in [7, 11) is 0. The number of piperidine rings is 2. The Kier molecular flexibility index (Phi) is 5.12. The summed E-state index contributed by atoms with van der Waals surface area (Å²) in [4.78, 5) is 25.0. The van der Waals surface area contributed by atoms with Gasteiger partial charge in [-0.1, -0.05) is 20.3 Å². The van der Waals surface area contributed by atoms with Gasteiger partial charge in [-0.3, -0.25) is 9.59 Å². The SMILES string of the molecule is Cc1nn(-c2ccc(C(N)=O)c(NC3CC4CCCC(C3)N4)c2)c2c1C(=O)CC(C)(C)C2. The van der Waals surface area contributed by atoms with Crippen molar-refractivity contribution in [3.8, 4) is 5.69 Å². The molecular weight excluding hydrogens is 402 g/mol. The van der Waals surface area contributed by atoms with Crippen LogP contribution in [-0.4, -0.2) is 39.6 Å². The molecule has 1 amide bonds. The number of anilines is 1. The third-order valence-electron chi connectivity index (χ3n) is 7.31. The van der Waals surface area contributed by atoms with Crippen LogP contribution in [0, 0.1) is 12.3 Å². The number of rotatable bonds is 4. The molecule has 7 heteroatoms. The van der Waals surface area contributed by atoms with Gasteiger partial charge in [0.1, 0.15) is 0 Å². The Labute approximate surface area is 189 Å². The number of nitrogens with two attached hydrogens (primary N) is 1. The molecule has 3 aliphatic rings. The second kappa shape index (κ2) is 7.73. The number of aromatic nitrogens is 2. The van der Waals surface area contributed by atoms with E-state index in [1.54, 1.807) is 6.07 Å². The van der Waals surface area contributed by atoms with Gasteiger partial charge in [0.15, 0.2) is 5.78 Å². The molecular formula is C25H33N5O2. The first-order chi connectivity index (χ1) is 15.2. The van der Waals surface area contributed by atoms with E-state index >= 15 is 0 Å². The standard InChI is InChI=1S/C25H33N5O2/c1-14-23-21(12-25(2,3)13-22(23)31)30(29-14)18-7-8-19(24(26)32)20(11-18)28-17-9-15-5-4-6-16(10-17)27-15/h7-8,11,15-17,27-28H,4-6,9-10,12-13H2,1-3H3,(H2,26,32). The summed E-state index contributed by atoms with van der Waals surface area (Å²) < 4.78 is 1.89. The lowest BCUT2D eigenvalue weighted by atomic mass is 9.75. The number of fused-ring (bicyclic) bond motifs is 3. The second-order valence-electron chi connectivity index (χ2n) is 10.7. The summed E-state index contributed by atoms with van der Waals surface area (Å²) in [6.45, 7) is 6.14. The van der Waals surface area contributed by atoms with Gasteiger partial charge in [-0.25, -0.2) is 4.68 Å². The molecule has 5 rings (SSSR count). The lowest BCUT2D eigenvalue weighted by Crippen LogP contribution is -2.52. The molecule has 2 fully saturated rings. The van der Waals surface area contributed by atoms with E-state index in [-0.39, 0.29) is 11.2 Å². The molecule has 1 aromatic carbocycles. The molecule has 2 atom stereocenters. The van der Waals surface area contributed by atoms with Gasteiger partial charge in [0.05, 0.1) is 28.2 Å². The van der Waals surface area contributed by atoms with E-state index in [1.807, 2.05) is 23.7 Å². The van der Waals surface area contributed by atoms with Gasteiger partial charge >= 0.3 is 0 Å². The zero-order valence-corrected chi connectivity index (χ0v) is 19.2. The van der Waals surface area contributed by atoms with Gasteiger partial charge in [0.25, 0.3) is 5.91 Å². The molecule has 7 nitrogen and oxygen atoms in total. The molecule has 0 radical (unpaired) electrons. The summed E-state index contributed by atoms with van der Waals surface area (Å²) in [5, 5.41) is 12.1. The van der Waals surface area contributed by atoms with Gasteiger partial charge in [-0.15, -0.1) is 0 Å². The summed E-state index contributed by atoms with van der Waals surface area (Å²) >= 11 is 0. The number of amides is 1. The molecule has 2 aromatic rings. The first-order valence-electron chi connectivity index (χ1n) is 11.8. The van der Waals surface area contributed by atoms with Crippen LogP contribution in [0.1, 0.15) is 84.5 Å². The number of carbonyl (C=O) groups excluding carboxylic acids is 2. The van der Waals surface area contributed by atoms with Crippen molar-refractivity contribution < 1.29 is 9.59 Å². The zero-order chi connectivity index (χ0) is 22.6. The van der Waals surface area contributed by atoms with Crippen molar-refractivity contribution in [1.29, 1.82) is 0 Å². The van der Waals surface area contributed by atoms with E-state index in [0.717, 1.165) is 47.6 Å². The second-order valence-corrected chi connectivity index (χ2v) is 10.7. The van der Waals surface area contributed by atoms with Crippen LogP contribution in [0.15, 0.2) is 18.2 Å². The van der Waals surface area contributed by atoms with Crippen LogP contribution in [0.25, 0.3) is 5.69 Å². The third kappa shape index (κ3) is 3.83. The quantitative estimate of drug-likeness (QED) is 0.682. The maximum absolute atomic E-state index is 12.8. The number of aryl methyl sites for hydroxylation is 1. The lowest BCUT2D eigenvalue weighted by Gasteiger charge is -2.41. The van der Waals surface area contributed by atoms with Crippen molar-refractivity contribution in [2.75, 3.05) is 5.32 Å². The number of Topliss-reactive ketones (excluding diaryl/α,β-unsaturated/α-hetero) is 1. The molecule has 3 heterocycles.